The first-order valence-electron chi connectivity index (χ1n) is 8.74. The van der Waals surface area contributed by atoms with Gasteiger partial charge in [0.2, 0.25) is 5.91 Å². The van der Waals surface area contributed by atoms with Crippen molar-refractivity contribution in [1.29, 1.82) is 0 Å². The summed E-state index contributed by atoms with van der Waals surface area (Å²) < 4.78 is 27.2. The average molecular weight is 319 g/mol. The highest BCUT2D eigenvalue weighted by Gasteiger charge is 2.70. The highest BCUT2D eigenvalue weighted by Crippen LogP contribution is 2.65. The van der Waals surface area contributed by atoms with Crippen molar-refractivity contribution in [2.45, 2.75) is 50.4 Å². The molecule has 3 aliphatic rings. The normalized spacial score (nSPS) is 35.5. The highest BCUT2D eigenvalue weighted by molar-refractivity contribution is 5.81. The SMILES string of the molecule is O=C(C1CCC1c1ccccc1)N1CCCC2(CC1)CC2(F)F. The number of amides is 1. The standard InChI is InChI=1S/C19H23F2NO/c20-19(21)13-18(19)9-4-11-22(12-10-18)17(23)16-8-7-15(16)14-5-2-1-3-6-14/h1-3,5-6,15-16H,4,7-13H2. The van der Waals surface area contributed by atoms with E-state index in [0.717, 1.165) is 12.8 Å². The molecule has 2 aliphatic carbocycles. The largest absolute Gasteiger partial charge is 0.342 e. The van der Waals surface area contributed by atoms with E-state index in [1.165, 1.54) is 5.56 Å². The molecule has 2 saturated carbocycles. The lowest BCUT2D eigenvalue weighted by molar-refractivity contribution is -0.139. The Hall–Kier alpha value is -1.45. The second-order valence-electron chi connectivity index (χ2n) is 7.54. The van der Waals surface area contributed by atoms with Gasteiger partial charge in [0, 0.05) is 30.8 Å². The molecule has 2 nitrogen and oxygen atoms in total. The number of hydrogen-bond donors (Lipinski definition) is 0. The first kappa shape index (κ1) is 15.1. The molecule has 1 aliphatic heterocycles. The van der Waals surface area contributed by atoms with E-state index >= 15 is 0 Å². The molecule has 0 N–H and O–H groups in total. The Labute approximate surface area is 135 Å². The summed E-state index contributed by atoms with van der Waals surface area (Å²) in [6.07, 6.45) is 3.75. The molecular weight excluding hydrogens is 296 g/mol. The van der Waals surface area contributed by atoms with E-state index in [0.29, 0.717) is 38.3 Å². The molecule has 1 spiro atoms. The zero-order valence-electron chi connectivity index (χ0n) is 13.3. The van der Waals surface area contributed by atoms with Gasteiger partial charge in [0.25, 0.3) is 5.92 Å². The second kappa shape index (κ2) is 5.29. The van der Waals surface area contributed by atoms with Gasteiger partial charge in [-0.15, -0.1) is 0 Å². The Morgan fingerprint density at radius 3 is 2.43 bits per heavy atom. The summed E-state index contributed by atoms with van der Waals surface area (Å²) in [4.78, 5) is 14.7. The minimum Gasteiger partial charge on any atom is -0.342 e. The molecular formula is C19H23F2NO. The van der Waals surface area contributed by atoms with Crippen LogP contribution in [0.25, 0.3) is 0 Å². The van der Waals surface area contributed by atoms with Gasteiger partial charge in [-0.25, -0.2) is 8.78 Å². The summed E-state index contributed by atoms with van der Waals surface area (Å²) in [6, 6.07) is 10.2. The van der Waals surface area contributed by atoms with Gasteiger partial charge in [0.05, 0.1) is 0 Å². The van der Waals surface area contributed by atoms with Crippen LogP contribution in [0.1, 0.15) is 50.0 Å². The van der Waals surface area contributed by atoms with Gasteiger partial charge in [-0.1, -0.05) is 30.3 Å². The molecule has 4 rings (SSSR count). The van der Waals surface area contributed by atoms with Crippen molar-refractivity contribution in [3.63, 3.8) is 0 Å². The van der Waals surface area contributed by atoms with Crippen molar-refractivity contribution < 1.29 is 13.6 Å². The van der Waals surface area contributed by atoms with Crippen LogP contribution in [0.5, 0.6) is 0 Å². The van der Waals surface area contributed by atoms with Crippen molar-refractivity contribution in [3.05, 3.63) is 35.9 Å². The lowest BCUT2D eigenvalue weighted by atomic mass is 9.69. The average Bonchev–Trinajstić information content (AvgIpc) is 3.11. The maximum atomic E-state index is 13.6. The Morgan fingerprint density at radius 2 is 1.83 bits per heavy atom. The third kappa shape index (κ3) is 2.47. The van der Waals surface area contributed by atoms with Crippen LogP contribution in [0.4, 0.5) is 8.78 Å². The predicted molar refractivity (Wildman–Crippen MR) is 84.3 cm³/mol. The minimum atomic E-state index is -2.49. The first-order valence-corrected chi connectivity index (χ1v) is 8.74. The highest BCUT2D eigenvalue weighted by atomic mass is 19.3. The van der Waals surface area contributed by atoms with E-state index in [1.54, 1.807) is 0 Å². The maximum absolute atomic E-state index is 13.6. The smallest absolute Gasteiger partial charge is 0.254 e. The maximum Gasteiger partial charge on any atom is 0.254 e. The Kier molecular flexibility index (Phi) is 3.47. The molecule has 23 heavy (non-hydrogen) atoms. The topological polar surface area (TPSA) is 20.3 Å². The van der Waals surface area contributed by atoms with Crippen molar-refractivity contribution in [1.82, 2.24) is 4.90 Å². The fourth-order valence-electron chi connectivity index (χ4n) is 4.47. The molecule has 124 valence electrons. The monoisotopic (exact) mass is 319 g/mol. The van der Waals surface area contributed by atoms with E-state index in [1.807, 2.05) is 23.1 Å². The Morgan fingerprint density at radius 1 is 1.09 bits per heavy atom. The first-order chi connectivity index (χ1) is 11.0. The summed E-state index contributed by atoms with van der Waals surface area (Å²) in [5, 5.41) is 0. The summed E-state index contributed by atoms with van der Waals surface area (Å²) in [5.41, 5.74) is 0.442. The van der Waals surface area contributed by atoms with E-state index in [2.05, 4.69) is 12.1 Å². The number of halogens is 2. The van der Waals surface area contributed by atoms with Gasteiger partial charge in [0.15, 0.2) is 0 Å². The van der Waals surface area contributed by atoms with Gasteiger partial charge < -0.3 is 4.90 Å². The zero-order valence-corrected chi connectivity index (χ0v) is 13.3. The number of hydrogen-bond acceptors (Lipinski definition) is 1. The molecule has 3 fully saturated rings. The van der Waals surface area contributed by atoms with Crippen LogP contribution in [0.3, 0.4) is 0 Å². The van der Waals surface area contributed by atoms with E-state index < -0.39 is 11.3 Å². The summed E-state index contributed by atoms with van der Waals surface area (Å²) >= 11 is 0. The van der Waals surface area contributed by atoms with Crippen molar-refractivity contribution in [3.8, 4) is 0 Å². The molecule has 1 aromatic rings. The molecule has 0 bridgehead atoms. The van der Waals surface area contributed by atoms with Gasteiger partial charge in [0.1, 0.15) is 0 Å². The van der Waals surface area contributed by atoms with Crippen LogP contribution in [0.2, 0.25) is 0 Å². The van der Waals surface area contributed by atoms with Crippen LogP contribution in [-0.2, 0) is 4.79 Å². The van der Waals surface area contributed by atoms with Crippen LogP contribution >= 0.6 is 0 Å². The number of alkyl halides is 2. The lowest BCUT2D eigenvalue weighted by Gasteiger charge is -2.39. The molecule has 1 heterocycles. The zero-order chi connectivity index (χ0) is 16.1. The van der Waals surface area contributed by atoms with Crippen molar-refractivity contribution in [2.75, 3.05) is 13.1 Å². The number of carbonyl (C=O) groups is 1. The molecule has 1 amide bonds. The number of benzene rings is 1. The molecule has 0 radical (unpaired) electrons. The Balaban J connectivity index is 1.42. The predicted octanol–water partition coefficient (Wildman–Crippen LogP) is 4.22. The molecule has 3 atom stereocenters. The number of likely N-dealkylation sites (tertiary alicyclic amines) is 1. The minimum absolute atomic E-state index is 0.0259. The van der Waals surface area contributed by atoms with E-state index in [-0.39, 0.29) is 18.2 Å². The molecule has 1 aromatic carbocycles. The van der Waals surface area contributed by atoms with Crippen LogP contribution in [0.15, 0.2) is 30.3 Å². The molecule has 3 unspecified atom stereocenters. The van der Waals surface area contributed by atoms with Crippen LogP contribution < -0.4 is 0 Å². The fraction of sp³-hybridized carbons (Fsp3) is 0.632. The number of nitrogens with zero attached hydrogens (tertiary/aromatic N) is 1. The van der Waals surface area contributed by atoms with E-state index in [4.69, 9.17) is 0 Å². The number of carbonyl (C=O) groups excluding carboxylic acids is 1. The third-order valence-electron chi connectivity index (χ3n) is 6.29. The van der Waals surface area contributed by atoms with Crippen molar-refractivity contribution >= 4 is 5.91 Å². The summed E-state index contributed by atoms with van der Waals surface area (Å²) in [6.45, 7) is 1.15. The summed E-state index contributed by atoms with van der Waals surface area (Å²) in [7, 11) is 0. The second-order valence-corrected chi connectivity index (χ2v) is 7.54. The summed E-state index contributed by atoms with van der Waals surface area (Å²) in [5.74, 6) is -1.95. The van der Waals surface area contributed by atoms with Crippen LogP contribution in [-0.4, -0.2) is 29.8 Å². The fourth-order valence-corrected chi connectivity index (χ4v) is 4.47. The lowest BCUT2D eigenvalue weighted by Crippen LogP contribution is -2.43. The molecule has 1 saturated heterocycles. The van der Waals surface area contributed by atoms with Crippen LogP contribution in [0, 0.1) is 11.3 Å². The molecule has 0 aromatic heterocycles. The van der Waals surface area contributed by atoms with Gasteiger partial charge in [-0.05, 0) is 43.6 Å². The van der Waals surface area contributed by atoms with E-state index in [9.17, 15) is 13.6 Å². The number of rotatable bonds is 2. The Bertz CT molecular complexity index is 603. The quantitative estimate of drug-likeness (QED) is 0.799. The van der Waals surface area contributed by atoms with Crippen molar-refractivity contribution in [2.24, 2.45) is 11.3 Å². The van der Waals surface area contributed by atoms with Gasteiger partial charge in [-0.3, -0.25) is 4.79 Å². The van der Waals surface area contributed by atoms with Gasteiger partial charge in [-0.2, -0.15) is 0 Å². The third-order valence-corrected chi connectivity index (χ3v) is 6.29. The van der Waals surface area contributed by atoms with Gasteiger partial charge >= 0.3 is 0 Å². The molecule has 4 heteroatoms.